The van der Waals surface area contributed by atoms with E-state index >= 15 is 0 Å². The summed E-state index contributed by atoms with van der Waals surface area (Å²) in [4.78, 5) is 10.7. The lowest BCUT2D eigenvalue weighted by atomic mass is 10.2. The molecule has 1 heterocycles. The average molecular weight is 252 g/mol. The Morgan fingerprint density at radius 1 is 1.33 bits per heavy atom. The van der Waals surface area contributed by atoms with Gasteiger partial charge in [0.25, 0.3) is 0 Å². The summed E-state index contributed by atoms with van der Waals surface area (Å²) in [5, 5.41) is 0. The van der Waals surface area contributed by atoms with Crippen molar-refractivity contribution >= 4 is 5.95 Å². The van der Waals surface area contributed by atoms with Gasteiger partial charge in [0.15, 0.2) is 0 Å². The maximum absolute atomic E-state index is 5.49. The van der Waals surface area contributed by atoms with Crippen molar-refractivity contribution in [3.63, 3.8) is 0 Å². The Hall–Kier alpha value is -1.36. The number of hydrogen-bond acceptors (Lipinski definition) is 5. The Morgan fingerprint density at radius 2 is 2.17 bits per heavy atom. The van der Waals surface area contributed by atoms with E-state index < -0.39 is 0 Å². The summed E-state index contributed by atoms with van der Waals surface area (Å²) in [5.41, 5.74) is 5.47. The minimum Gasteiger partial charge on any atom is -0.478 e. The quantitative estimate of drug-likeness (QED) is 0.679. The van der Waals surface area contributed by atoms with Gasteiger partial charge in [-0.05, 0) is 25.8 Å². The molecule has 1 aromatic rings. The van der Waals surface area contributed by atoms with E-state index in [1.165, 1.54) is 0 Å². The van der Waals surface area contributed by atoms with Gasteiger partial charge in [0.1, 0.15) is 0 Å². The van der Waals surface area contributed by atoms with E-state index in [0.29, 0.717) is 12.5 Å². The van der Waals surface area contributed by atoms with Gasteiger partial charge in [0.2, 0.25) is 11.8 Å². The fraction of sp³-hybridized carbons (Fsp3) is 0.692. The standard InChI is InChI=1S/C13H24N4O/c1-3-11-18-12-7-9-15-13(16-12)17(2)10-6-4-5-8-14/h7,9H,3-6,8,10-11,14H2,1-2H3. The zero-order valence-corrected chi connectivity index (χ0v) is 11.4. The highest BCUT2D eigenvalue weighted by Crippen LogP contribution is 2.12. The molecule has 1 aromatic heterocycles. The summed E-state index contributed by atoms with van der Waals surface area (Å²) >= 11 is 0. The predicted molar refractivity (Wildman–Crippen MR) is 74.0 cm³/mol. The summed E-state index contributed by atoms with van der Waals surface area (Å²) in [5.74, 6) is 1.37. The van der Waals surface area contributed by atoms with Crippen molar-refractivity contribution in [2.45, 2.75) is 32.6 Å². The third-order valence-electron chi connectivity index (χ3n) is 2.61. The molecule has 102 valence electrons. The molecule has 0 aliphatic carbocycles. The molecule has 0 spiro atoms. The number of unbranched alkanes of at least 4 members (excludes halogenated alkanes) is 2. The largest absolute Gasteiger partial charge is 0.478 e. The highest BCUT2D eigenvalue weighted by Gasteiger charge is 2.05. The summed E-state index contributed by atoms with van der Waals surface area (Å²) in [7, 11) is 2.00. The van der Waals surface area contributed by atoms with Gasteiger partial charge in [-0.2, -0.15) is 4.98 Å². The van der Waals surface area contributed by atoms with Crippen molar-refractivity contribution in [1.29, 1.82) is 0 Å². The number of hydrogen-bond donors (Lipinski definition) is 1. The maximum Gasteiger partial charge on any atom is 0.228 e. The molecule has 0 atom stereocenters. The highest BCUT2D eigenvalue weighted by molar-refractivity contribution is 5.30. The van der Waals surface area contributed by atoms with Crippen molar-refractivity contribution in [2.24, 2.45) is 5.73 Å². The SMILES string of the molecule is CCCOc1ccnc(N(C)CCCCCN)n1. The first-order valence-corrected chi connectivity index (χ1v) is 6.65. The zero-order valence-electron chi connectivity index (χ0n) is 11.4. The van der Waals surface area contributed by atoms with Crippen LogP contribution in [0.5, 0.6) is 5.88 Å². The molecule has 0 saturated heterocycles. The number of aromatic nitrogens is 2. The molecule has 5 nitrogen and oxygen atoms in total. The van der Waals surface area contributed by atoms with Crippen LogP contribution in [0.2, 0.25) is 0 Å². The first kappa shape index (κ1) is 14.7. The van der Waals surface area contributed by atoms with Crippen LogP contribution in [-0.4, -0.2) is 36.7 Å². The van der Waals surface area contributed by atoms with Crippen molar-refractivity contribution in [1.82, 2.24) is 9.97 Å². The van der Waals surface area contributed by atoms with E-state index in [2.05, 4.69) is 21.8 Å². The second-order valence-corrected chi connectivity index (χ2v) is 4.31. The van der Waals surface area contributed by atoms with Crippen molar-refractivity contribution < 1.29 is 4.74 Å². The number of rotatable bonds is 9. The molecule has 0 amide bonds. The molecule has 0 unspecified atom stereocenters. The topological polar surface area (TPSA) is 64.3 Å². The van der Waals surface area contributed by atoms with Gasteiger partial charge in [0, 0.05) is 25.9 Å². The molecule has 0 saturated carbocycles. The van der Waals surface area contributed by atoms with E-state index in [9.17, 15) is 0 Å². The van der Waals surface area contributed by atoms with Crippen LogP contribution in [0.1, 0.15) is 32.6 Å². The normalized spacial score (nSPS) is 10.4. The highest BCUT2D eigenvalue weighted by atomic mass is 16.5. The third kappa shape index (κ3) is 5.31. The fourth-order valence-electron chi connectivity index (χ4n) is 1.57. The molecule has 0 aromatic carbocycles. The van der Waals surface area contributed by atoms with Crippen molar-refractivity contribution in [2.75, 3.05) is 31.6 Å². The van der Waals surface area contributed by atoms with Crippen LogP contribution in [-0.2, 0) is 0 Å². The van der Waals surface area contributed by atoms with Gasteiger partial charge < -0.3 is 15.4 Å². The van der Waals surface area contributed by atoms with Crippen LogP contribution in [0.4, 0.5) is 5.95 Å². The minimum absolute atomic E-state index is 0.649. The van der Waals surface area contributed by atoms with Gasteiger partial charge >= 0.3 is 0 Å². The average Bonchev–Trinajstić information content (AvgIpc) is 2.41. The Kier molecular flexibility index (Phi) is 7.10. The van der Waals surface area contributed by atoms with Gasteiger partial charge in [-0.1, -0.05) is 13.3 Å². The van der Waals surface area contributed by atoms with Gasteiger partial charge in [-0.3, -0.25) is 0 Å². The van der Waals surface area contributed by atoms with Crippen molar-refractivity contribution in [3.05, 3.63) is 12.3 Å². The van der Waals surface area contributed by atoms with E-state index in [4.69, 9.17) is 10.5 Å². The summed E-state index contributed by atoms with van der Waals surface area (Å²) in [6.45, 7) is 4.47. The Labute approximate surface area is 109 Å². The number of nitrogens with zero attached hydrogens (tertiary/aromatic N) is 3. The van der Waals surface area contributed by atoms with E-state index in [0.717, 1.165) is 44.7 Å². The summed E-state index contributed by atoms with van der Waals surface area (Å²) in [6.07, 6.45) is 6.05. The monoisotopic (exact) mass is 252 g/mol. The molecule has 0 aliphatic heterocycles. The smallest absolute Gasteiger partial charge is 0.228 e. The number of anilines is 1. The number of nitrogens with two attached hydrogens (primary N) is 1. The lowest BCUT2D eigenvalue weighted by molar-refractivity contribution is 0.305. The Bertz CT molecular complexity index is 333. The molecule has 0 radical (unpaired) electrons. The summed E-state index contributed by atoms with van der Waals surface area (Å²) in [6, 6.07) is 1.79. The third-order valence-corrected chi connectivity index (χ3v) is 2.61. The van der Waals surface area contributed by atoms with E-state index in [1.807, 2.05) is 7.05 Å². The second kappa shape index (κ2) is 8.69. The molecular weight excluding hydrogens is 228 g/mol. The summed E-state index contributed by atoms with van der Waals surface area (Å²) < 4.78 is 5.49. The molecular formula is C13H24N4O. The van der Waals surface area contributed by atoms with E-state index in [1.54, 1.807) is 12.3 Å². The predicted octanol–water partition coefficient (Wildman–Crippen LogP) is 1.83. The Morgan fingerprint density at radius 3 is 2.89 bits per heavy atom. The first-order valence-electron chi connectivity index (χ1n) is 6.65. The molecule has 0 bridgehead atoms. The van der Waals surface area contributed by atoms with Gasteiger partial charge in [-0.15, -0.1) is 0 Å². The molecule has 5 heteroatoms. The van der Waals surface area contributed by atoms with Crippen molar-refractivity contribution in [3.8, 4) is 5.88 Å². The molecule has 2 N–H and O–H groups in total. The Balaban J connectivity index is 2.43. The number of ether oxygens (including phenoxy) is 1. The van der Waals surface area contributed by atoms with Crippen LogP contribution in [0.15, 0.2) is 12.3 Å². The second-order valence-electron chi connectivity index (χ2n) is 4.31. The first-order chi connectivity index (χ1) is 8.77. The lowest BCUT2D eigenvalue weighted by Gasteiger charge is -2.17. The van der Waals surface area contributed by atoms with Crippen LogP contribution in [0, 0.1) is 0 Å². The molecule has 18 heavy (non-hydrogen) atoms. The lowest BCUT2D eigenvalue weighted by Crippen LogP contribution is -2.21. The van der Waals surface area contributed by atoms with Crippen LogP contribution in [0.25, 0.3) is 0 Å². The van der Waals surface area contributed by atoms with Gasteiger partial charge in [-0.25, -0.2) is 4.98 Å². The zero-order chi connectivity index (χ0) is 13.2. The van der Waals surface area contributed by atoms with Gasteiger partial charge in [0.05, 0.1) is 6.61 Å². The van der Waals surface area contributed by atoms with Crippen LogP contribution in [0.3, 0.4) is 0 Å². The van der Waals surface area contributed by atoms with Crippen LogP contribution >= 0.6 is 0 Å². The minimum atomic E-state index is 0.649. The molecule has 1 rings (SSSR count). The molecule has 0 aliphatic rings. The molecule has 0 fully saturated rings. The maximum atomic E-state index is 5.49. The fourth-order valence-corrected chi connectivity index (χ4v) is 1.57. The van der Waals surface area contributed by atoms with E-state index in [-0.39, 0.29) is 0 Å². The van der Waals surface area contributed by atoms with Crippen LogP contribution < -0.4 is 15.4 Å².